The lowest BCUT2D eigenvalue weighted by Crippen LogP contribution is -2.25. The summed E-state index contributed by atoms with van der Waals surface area (Å²) in [6, 6.07) is 11.9. The fourth-order valence-electron chi connectivity index (χ4n) is 2.79. The predicted octanol–water partition coefficient (Wildman–Crippen LogP) is 3.16. The Labute approximate surface area is 140 Å². The van der Waals surface area contributed by atoms with E-state index in [2.05, 4.69) is 9.88 Å². The van der Waals surface area contributed by atoms with Crippen molar-refractivity contribution in [2.45, 2.75) is 26.9 Å². The minimum Gasteiger partial charge on any atom is -0.294 e. The third-order valence-electron chi connectivity index (χ3n) is 4.07. The molecule has 0 aliphatic rings. The van der Waals surface area contributed by atoms with Crippen LogP contribution in [0.2, 0.25) is 0 Å². The van der Waals surface area contributed by atoms with Crippen molar-refractivity contribution in [2.24, 2.45) is 0 Å². The molecule has 2 heterocycles. The van der Waals surface area contributed by atoms with Crippen LogP contribution < -0.4 is 5.56 Å². The van der Waals surface area contributed by atoms with Crippen molar-refractivity contribution in [3.63, 3.8) is 0 Å². The average Bonchev–Trinajstić information content (AvgIpc) is 2.55. The summed E-state index contributed by atoms with van der Waals surface area (Å²) in [6.07, 6.45) is 1.73. The summed E-state index contributed by atoms with van der Waals surface area (Å²) >= 11 is 0. The topological polar surface area (TPSA) is 37.6 Å². The summed E-state index contributed by atoms with van der Waals surface area (Å²) in [4.78, 5) is 19.0. The molecule has 4 nitrogen and oxygen atoms in total. The monoisotopic (exact) mass is 325 g/mol. The van der Waals surface area contributed by atoms with Gasteiger partial charge in [0.1, 0.15) is 11.5 Å². The average molecular weight is 325 g/mol. The van der Waals surface area contributed by atoms with Crippen molar-refractivity contribution < 1.29 is 4.39 Å². The minimum absolute atomic E-state index is 0.0829. The standard InChI is InChI=1S/C19H20FN3O/c1-3-22(12-15-7-4-8-16(20)10-15)13-17-11-18(24)23-9-5-6-14(2)19(23)21-17/h4-11H,3,12-13H2,1-2H3. The molecule has 0 fully saturated rings. The van der Waals surface area contributed by atoms with Crippen LogP contribution in [0.15, 0.2) is 53.5 Å². The Morgan fingerprint density at radius 1 is 1.17 bits per heavy atom. The molecule has 0 saturated carbocycles. The quantitative estimate of drug-likeness (QED) is 0.723. The second-order valence-corrected chi connectivity index (χ2v) is 5.90. The van der Waals surface area contributed by atoms with Crippen LogP contribution in [0.5, 0.6) is 0 Å². The molecular formula is C19H20FN3O. The first-order valence-corrected chi connectivity index (χ1v) is 8.01. The number of hydrogen-bond acceptors (Lipinski definition) is 3. The fraction of sp³-hybridized carbons (Fsp3) is 0.263. The first-order chi connectivity index (χ1) is 11.6. The Morgan fingerprint density at radius 2 is 2.00 bits per heavy atom. The van der Waals surface area contributed by atoms with Crippen LogP contribution in [0, 0.1) is 12.7 Å². The molecule has 0 amide bonds. The number of aryl methyl sites for hydroxylation is 1. The van der Waals surface area contributed by atoms with E-state index in [0.717, 1.165) is 23.4 Å². The number of pyridine rings is 1. The Balaban J connectivity index is 1.87. The highest BCUT2D eigenvalue weighted by Crippen LogP contribution is 2.11. The van der Waals surface area contributed by atoms with E-state index >= 15 is 0 Å². The van der Waals surface area contributed by atoms with Crippen molar-refractivity contribution in [1.82, 2.24) is 14.3 Å². The largest absolute Gasteiger partial charge is 0.294 e. The third-order valence-corrected chi connectivity index (χ3v) is 4.07. The van der Waals surface area contributed by atoms with E-state index in [4.69, 9.17) is 0 Å². The summed E-state index contributed by atoms with van der Waals surface area (Å²) in [7, 11) is 0. The van der Waals surface area contributed by atoms with Gasteiger partial charge in [-0.15, -0.1) is 0 Å². The molecule has 0 spiro atoms. The highest BCUT2D eigenvalue weighted by molar-refractivity contribution is 5.46. The van der Waals surface area contributed by atoms with Crippen molar-refractivity contribution in [3.8, 4) is 0 Å². The number of fused-ring (bicyclic) bond motifs is 1. The predicted molar refractivity (Wildman–Crippen MR) is 92.4 cm³/mol. The van der Waals surface area contributed by atoms with Gasteiger partial charge in [0.25, 0.3) is 5.56 Å². The molecule has 3 rings (SSSR count). The van der Waals surface area contributed by atoms with Gasteiger partial charge >= 0.3 is 0 Å². The van der Waals surface area contributed by atoms with E-state index in [0.29, 0.717) is 18.7 Å². The molecule has 3 aromatic rings. The van der Waals surface area contributed by atoms with E-state index in [1.54, 1.807) is 22.7 Å². The van der Waals surface area contributed by atoms with E-state index < -0.39 is 0 Å². The van der Waals surface area contributed by atoms with Crippen LogP contribution in [0.3, 0.4) is 0 Å². The molecule has 0 aliphatic heterocycles. The number of benzene rings is 1. The van der Waals surface area contributed by atoms with Crippen LogP contribution in [0.1, 0.15) is 23.7 Å². The smallest absolute Gasteiger partial charge is 0.258 e. The van der Waals surface area contributed by atoms with Crippen LogP contribution >= 0.6 is 0 Å². The number of nitrogens with zero attached hydrogens (tertiary/aromatic N) is 3. The third kappa shape index (κ3) is 3.51. The van der Waals surface area contributed by atoms with Crippen LogP contribution in [-0.2, 0) is 13.1 Å². The van der Waals surface area contributed by atoms with Crippen molar-refractivity contribution in [3.05, 3.63) is 81.7 Å². The number of aromatic nitrogens is 2. The molecule has 0 bridgehead atoms. The van der Waals surface area contributed by atoms with Gasteiger partial charge in [0.05, 0.1) is 5.69 Å². The van der Waals surface area contributed by atoms with Crippen LogP contribution in [0.4, 0.5) is 4.39 Å². The summed E-state index contributed by atoms with van der Waals surface area (Å²) < 4.78 is 14.9. The highest BCUT2D eigenvalue weighted by atomic mass is 19.1. The van der Waals surface area contributed by atoms with E-state index in [1.165, 1.54) is 12.1 Å². The number of halogens is 1. The number of hydrogen-bond donors (Lipinski definition) is 0. The van der Waals surface area contributed by atoms with Gasteiger partial charge in [-0.25, -0.2) is 9.37 Å². The zero-order chi connectivity index (χ0) is 17.1. The van der Waals surface area contributed by atoms with Gasteiger partial charge in [0.2, 0.25) is 0 Å². The van der Waals surface area contributed by atoms with Crippen molar-refractivity contribution in [2.75, 3.05) is 6.54 Å². The maximum absolute atomic E-state index is 13.3. The zero-order valence-corrected chi connectivity index (χ0v) is 13.9. The van der Waals surface area contributed by atoms with Gasteiger partial charge in [0.15, 0.2) is 0 Å². The molecule has 0 atom stereocenters. The summed E-state index contributed by atoms with van der Waals surface area (Å²) in [5.74, 6) is -0.235. The summed E-state index contributed by atoms with van der Waals surface area (Å²) in [5, 5.41) is 0. The Kier molecular flexibility index (Phi) is 4.71. The second kappa shape index (κ2) is 6.93. The van der Waals surface area contributed by atoms with Crippen molar-refractivity contribution >= 4 is 5.65 Å². The molecular weight excluding hydrogens is 305 g/mol. The summed E-state index contributed by atoms with van der Waals surface area (Å²) in [6.45, 7) is 5.93. The molecule has 1 aromatic carbocycles. The molecule has 0 saturated heterocycles. The lowest BCUT2D eigenvalue weighted by atomic mass is 10.2. The molecule has 0 aliphatic carbocycles. The van der Waals surface area contributed by atoms with Gasteiger partial charge in [-0.2, -0.15) is 0 Å². The second-order valence-electron chi connectivity index (χ2n) is 5.90. The van der Waals surface area contributed by atoms with E-state index in [-0.39, 0.29) is 11.4 Å². The zero-order valence-electron chi connectivity index (χ0n) is 13.9. The normalized spacial score (nSPS) is 11.3. The lowest BCUT2D eigenvalue weighted by molar-refractivity contribution is 0.268. The number of rotatable bonds is 5. The SMILES string of the molecule is CCN(Cc1cccc(F)c1)Cc1cc(=O)n2cccc(C)c2n1. The van der Waals surface area contributed by atoms with Gasteiger partial charge in [-0.05, 0) is 42.8 Å². The molecule has 5 heteroatoms. The lowest BCUT2D eigenvalue weighted by Gasteiger charge is -2.20. The highest BCUT2D eigenvalue weighted by Gasteiger charge is 2.10. The molecule has 2 aromatic heterocycles. The van der Waals surface area contributed by atoms with E-state index in [9.17, 15) is 9.18 Å². The fourth-order valence-corrected chi connectivity index (χ4v) is 2.79. The Bertz CT molecular complexity index is 920. The van der Waals surface area contributed by atoms with Gasteiger partial charge in [0, 0.05) is 25.4 Å². The maximum atomic E-state index is 13.3. The molecule has 24 heavy (non-hydrogen) atoms. The summed E-state index contributed by atoms with van der Waals surface area (Å²) in [5.41, 5.74) is 3.20. The minimum atomic E-state index is -0.235. The first kappa shape index (κ1) is 16.3. The molecule has 0 unspecified atom stereocenters. The molecule has 124 valence electrons. The molecule has 0 radical (unpaired) electrons. The first-order valence-electron chi connectivity index (χ1n) is 8.01. The van der Waals surface area contributed by atoms with Crippen LogP contribution in [-0.4, -0.2) is 20.8 Å². The van der Waals surface area contributed by atoms with Crippen molar-refractivity contribution in [1.29, 1.82) is 0 Å². The maximum Gasteiger partial charge on any atom is 0.258 e. The Hall–Kier alpha value is -2.53. The van der Waals surface area contributed by atoms with Crippen LogP contribution in [0.25, 0.3) is 5.65 Å². The van der Waals surface area contributed by atoms with Gasteiger partial charge in [-0.1, -0.05) is 25.1 Å². The van der Waals surface area contributed by atoms with E-state index in [1.807, 2.05) is 32.0 Å². The van der Waals surface area contributed by atoms with Gasteiger partial charge < -0.3 is 0 Å². The molecule has 0 N–H and O–H groups in total. The Morgan fingerprint density at radius 3 is 2.75 bits per heavy atom. The van der Waals surface area contributed by atoms with Gasteiger partial charge in [-0.3, -0.25) is 14.1 Å².